The van der Waals surface area contributed by atoms with Gasteiger partial charge in [-0.15, -0.1) is 11.3 Å². The maximum Gasteiger partial charge on any atom is 0.273 e. The fraction of sp³-hybridized carbons (Fsp3) is 0.227. The number of aryl methyl sites for hydroxylation is 1. The van der Waals surface area contributed by atoms with Crippen molar-refractivity contribution in [2.75, 3.05) is 31.1 Å². The van der Waals surface area contributed by atoms with E-state index in [1.807, 2.05) is 52.7 Å². The maximum absolute atomic E-state index is 12.9. The number of amides is 1. The Labute approximate surface area is 183 Å². The summed E-state index contributed by atoms with van der Waals surface area (Å²) in [4.78, 5) is 30.3. The van der Waals surface area contributed by atoms with Crippen molar-refractivity contribution in [2.24, 2.45) is 0 Å². The third-order valence-corrected chi connectivity index (χ3v) is 6.06. The van der Waals surface area contributed by atoms with E-state index in [0.29, 0.717) is 30.5 Å². The summed E-state index contributed by atoms with van der Waals surface area (Å²) < 4.78 is 5.02. The number of aromatic nitrogens is 4. The summed E-state index contributed by atoms with van der Waals surface area (Å²) in [5, 5.41) is 6.63. The lowest BCUT2D eigenvalue weighted by Crippen LogP contribution is -2.49. The van der Waals surface area contributed by atoms with Crippen LogP contribution in [0.3, 0.4) is 0 Å². The molecule has 0 spiro atoms. The lowest BCUT2D eigenvalue weighted by molar-refractivity contribution is 0.0741. The first-order valence-corrected chi connectivity index (χ1v) is 10.9. The molecule has 0 saturated carbocycles. The second-order valence-electron chi connectivity index (χ2n) is 7.23. The van der Waals surface area contributed by atoms with E-state index >= 15 is 0 Å². The van der Waals surface area contributed by atoms with Crippen molar-refractivity contribution in [2.45, 2.75) is 6.92 Å². The fourth-order valence-corrected chi connectivity index (χ4v) is 4.31. The smallest absolute Gasteiger partial charge is 0.273 e. The Balaban J connectivity index is 1.21. The van der Waals surface area contributed by atoms with Gasteiger partial charge in [-0.3, -0.25) is 4.79 Å². The van der Waals surface area contributed by atoms with Crippen molar-refractivity contribution in [3.63, 3.8) is 0 Å². The summed E-state index contributed by atoms with van der Waals surface area (Å²) in [6, 6.07) is 13.8. The van der Waals surface area contributed by atoms with Gasteiger partial charge in [0.05, 0.1) is 0 Å². The highest BCUT2D eigenvalue weighted by Gasteiger charge is 2.24. The number of rotatable bonds is 4. The number of anilines is 1. The Morgan fingerprint density at radius 2 is 1.81 bits per heavy atom. The molecule has 9 heteroatoms. The Morgan fingerprint density at radius 1 is 1.00 bits per heavy atom. The molecule has 0 unspecified atom stereocenters. The molecule has 0 aliphatic carbocycles. The number of pyridine rings is 1. The highest BCUT2D eigenvalue weighted by Crippen LogP contribution is 2.25. The fourth-order valence-electron chi connectivity index (χ4n) is 3.51. The van der Waals surface area contributed by atoms with Gasteiger partial charge in [0, 0.05) is 55.8 Å². The van der Waals surface area contributed by atoms with E-state index < -0.39 is 0 Å². The minimum atomic E-state index is -0.0196. The van der Waals surface area contributed by atoms with Crippen molar-refractivity contribution in [3.05, 3.63) is 65.6 Å². The van der Waals surface area contributed by atoms with Crippen LogP contribution >= 0.6 is 11.3 Å². The van der Waals surface area contributed by atoms with Crippen LogP contribution in [0.1, 0.15) is 16.4 Å². The summed E-state index contributed by atoms with van der Waals surface area (Å²) in [6.07, 6.45) is 1.75. The predicted molar refractivity (Wildman–Crippen MR) is 118 cm³/mol. The Kier molecular flexibility index (Phi) is 5.17. The van der Waals surface area contributed by atoms with Crippen LogP contribution in [-0.4, -0.2) is 57.1 Å². The van der Waals surface area contributed by atoms with Crippen molar-refractivity contribution in [1.82, 2.24) is 25.0 Å². The number of hydrogen-bond acceptors (Lipinski definition) is 8. The van der Waals surface area contributed by atoms with Gasteiger partial charge in [-0.2, -0.15) is 4.98 Å². The average molecular weight is 433 g/mol. The molecule has 1 aromatic carbocycles. The van der Waals surface area contributed by atoms with Crippen molar-refractivity contribution in [1.29, 1.82) is 0 Å². The van der Waals surface area contributed by atoms with Crippen LogP contribution in [0.2, 0.25) is 0 Å². The Bertz CT molecular complexity index is 1180. The van der Waals surface area contributed by atoms with Gasteiger partial charge in [-0.1, -0.05) is 35.5 Å². The number of carbonyl (C=O) groups is 1. The first kappa shape index (κ1) is 19.4. The van der Waals surface area contributed by atoms with Gasteiger partial charge in [-0.05, 0) is 12.1 Å². The van der Waals surface area contributed by atoms with Crippen LogP contribution in [0.25, 0.3) is 22.0 Å². The second kappa shape index (κ2) is 8.27. The number of nitrogens with zero attached hydrogens (tertiary/aromatic N) is 6. The quantitative estimate of drug-likeness (QED) is 0.487. The van der Waals surface area contributed by atoms with Crippen LogP contribution < -0.4 is 4.90 Å². The largest absolute Gasteiger partial charge is 0.353 e. The summed E-state index contributed by atoms with van der Waals surface area (Å²) in [7, 11) is 0. The summed E-state index contributed by atoms with van der Waals surface area (Å²) in [5.41, 5.74) is 2.35. The molecular formula is C22H20N6O2S. The van der Waals surface area contributed by atoms with Crippen LogP contribution in [0.4, 0.5) is 5.82 Å². The lowest BCUT2D eigenvalue weighted by Gasteiger charge is -2.35. The molecule has 31 heavy (non-hydrogen) atoms. The second-order valence-corrected chi connectivity index (χ2v) is 8.08. The average Bonchev–Trinajstić information content (AvgIpc) is 3.49. The van der Waals surface area contributed by atoms with Crippen LogP contribution in [0.15, 0.2) is 58.6 Å². The molecule has 1 fully saturated rings. The van der Waals surface area contributed by atoms with Gasteiger partial charge in [0.2, 0.25) is 11.7 Å². The first-order valence-electron chi connectivity index (χ1n) is 9.99. The number of benzene rings is 1. The minimum absolute atomic E-state index is 0.0196. The molecule has 8 nitrogen and oxygen atoms in total. The Morgan fingerprint density at radius 3 is 2.48 bits per heavy atom. The molecule has 4 heterocycles. The van der Waals surface area contributed by atoms with E-state index in [1.165, 1.54) is 11.3 Å². The molecule has 5 rings (SSSR count). The molecule has 4 aromatic rings. The predicted octanol–water partition coefficient (Wildman–Crippen LogP) is 3.53. The van der Waals surface area contributed by atoms with Crippen LogP contribution in [0.5, 0.6) is 0 Å². The number of carbonyl (C=O) groups excluding carboxylic acids is 1. The molecule has 156 valence electrons. The minimum Gasteiger partial charge on any atom is -0.353 e. The van der Waals surface area contributed by atoms with E-state index in [-0.39, 0.29) is 5.91 Å². The first-order chi connectivity index (χ1) is 15.2. The maximum atomic E-state index is 12.9. The Hall–Kier alpha value is -3.59. The van der Waals surface area contributed by atoms with E-state index in [1.54, 1.807) is 13.1 Å². The molecule has 1 aliphatic rings. The van der Waals surface area contributed by atoms with Crippen LogP contribution in [0, 0.1) is 6.92 Å². The molecule has 1 aliphatic heterocycles. The van der Waals surface area contributed by atoms with Crippen molar-refractivity contribution < 1.29 is 9.32 Å². The standard InChI is InChI=1S/C22H20N6O2S/c1-15-24-20(26-30-15)17-7-8-19(23-13-17)27-9-11-28(12-10-27)22(29)18-14-31-21(25-18)16-5-3-2-4-6-16/h2-8,13-14H,9-12H2,1H3. The van der Waals surface area contributed by atoms with E-state index in [9.17, 15) is 4.79 Å². The van der Waals surface area contributed by atoms with E-state index in [0.717, 1.165) is 35.0 Å². The highest BCUT2D eigenvalue weighted by atomic mass is 32.1. The van der Waals surface area contributed by atoms with E-state index in [2.05, 4.69) is 25.0 Å². The van der Waals surface area contributed by atoms with Crippen molar-refractivity contribution in [3.8, 4) is 22.0 Å². The van der Waals surface area contributed by atoms with Gasteiger partial charge in [-0.25, -0.2) is 9.97 Å². The molecule has 1 amide bonds. The van der Waals surface area contributed by atoms with Gasteiger partial charge < -0.3 is 14.3 Å². The topological polar surface area (TPSA) is 88.3 Å². The SMILES string of the molecule is Cc1nc(-c2ccc(N3CCN(C(=O)c4csc(-c5ccccc5)n4)CC3)nc2)no1. The van der Waals surface area contributed by atoms with Crippen molar-refractivity contribution >= 4 is 23.1 Å². The number of piperazine rings is 1. The number of thiazole rings is 1. The van der Waals surface area contributed by atoms with Crippen LogP contribution in [-0.2, 0) is 0 Å². The molecule has 1 saturated heterocycles. The molecule has 0 radical (unpaired) electrons. The highest BCUT2D eigenvalue weighted by molar-refractivity contribution is 7.13. The summed E-state index contributed by atoms with van der Waals surface area (Å²) >= 11 is 1.50. The molecule has 0 N–H and O–H groups in total. The van der Waals surface area contributed by atoms with Gasteiger partial charge in [0.15, 0.2) is 0 Å². The molecule has 0 atom stereocenters. The van der Waals surface area contributed by atoms with Gasteiger partial charge in [0.25, 0.3) is 5.91 Å². The third-order valence-electron chi connectivity index (χ3n) is 5.17. The third kappa shape index (κ3) is 4.04. The molecule has 3 aromatic heterocycles. The zero-order valence-electron chi connectivity index (χ0n) is 16.9. The summed E-state index contributed by atoms with van der Waals surface area (Å²) in [5.74, 6) is 1.91. The monoisotopic (exact) mass is 432 g/mol. The van der Waals surface area contributed by atoms with Gasteiger partial charge >= 0.3 is 0 Å². The van der Waals surface area contributed by atoms with Gasteiger partial charge in [0.1, 0.15) is 16.5 Å². The van der Waals surface area contributed by atoms with E-state index in [4.69, 9.17) is 4.52 Å². The lowest BCUT2D eigenvalue weighted by atomic mass is 10.2. The zero-order chi connectivity index (χ0) is 21.2. The normalized spacial score (nSPS) is 14.1. The molecule has 0 bridgehead atoms. The summed E-state index contributed by atoms with van der Waals surface area (Å²) in [6.45, 7) is 4.45. The zero-order valence-corrected chi connectivity index (χ0v) is 17.7. The molecular weight excluding hydrogens is 412 g/mol. The number of hydrogen-bond donors (Lipinski definition) is 0.